The van der Waals surface area contributed by atoms with Crippen LogP contribution >= 0.6 is 15.9 Å². The number of ether oxygens (including phenoxy) is 2. The van der Waals surface area contributed by atoms with Crippen LogP contribution in [0.1, 0.15) is 5.56 Å². The Morgan fingerprint density at radius 2 is 1.89 bits per heavy atom. The second-order valence-corrected chi connectivity index (χ2v) is 14.5. The molecule has 6 nitrogen and oxygen atoms in total. The van der Waals surface area contributed by atoms with Crippen LogP contribution in [0.3, 0.4) is 0 Å². The molecule has 1 aromatic carbocycles. The van der Waals surface area contributed by atoms with Gasteiger partial charge in [-0.2, -0.15) is 5.10 Å². The summed E-state index contributed by atoms with van der Waals surface area (Å²) in [7, 11) is 0.510. The van der Waals surface area contributed by atoms with Crippen molar-refractivity contribution >= 4 is 34.9 Å². The van der Waals surface area contributed by atoms with E-state index in [9.17, 15) is 4.79 Å². The molecular formula is C20H26BrN3O3Si. The molecule has 0 N–H and O–H groups in total. The summed E-state index contributed by atoms with van der Waals surface area (Å²) >= 11 is 3.52. The lowest BCUT2D eigenvalue weighted by molar-refractivity contribution is 0.0901. The maximum absolute atomic E-state index is 12.9. The molecule has 0 saturated heterocycles. The van der Waals surface area contributed by atoms with E-state index >= 15 is 0 Å². The molecule has 8 heteroatoms. The maximum atomic E-state index is 12.9. The van der Waals surface area contributed by atoms with E-state index in [2.05, 4.69) is 40.7 Å². The van der Waals surface area contributed by atoms with E-state index in [-0.39, 0.29) is 5.56 Å². The summed E-state index contributed by atoms with van der Waals surface area (Å²) in [4.78, 5) is 12.9. The van der Waals surface area contributed by atoms with Crippen molar-refractivity contribution in [1.29, 1.82) is 0 Å². The first-order valence-corrected chi connectivity index (χ1v) is 13.7. The van der Waals surface area contributed by atoms with Gasteiger partial charge >= 0.3 is 0 Å². The Morgan fingerprint density at radius 1 is 1.18 bits per heavy atom. The largest absolute Gasteiger partial charge is 0.497 e. The first-order valence-electron chi connectivity index (χ1n) is 9.23. The van der Waals surface area contributed by atoms with Crippen LogP contribution in [0.4, 0.5) is 0 Å². The molecule has 0 bridgehead atoms. The number of nitrogens with zero attached hydrogens (tertiary/aromatic N) is 3. The predicted octanol–water partition coefficient (Wildman–Crippen LogP) is 4.33. The van der Waals surface area contributed by atoms with Gasteiger partial charge in [-0.05, 0) is 39.7 Å². The number of halogens is 1. The average Bonchev–Trinajstić information content (AvgIpc) is 2.97. The zero-order valence-electron chi connectivity index (χ0n) is 16.7. The van der Waals surface area contributed by atoms with E-state index in [1.54, 1.807) is 13.3 Å². The van der Waals surface area contributed by atoms with E-state index in [0.29, 0.717) is 18.7 Å². The summed E-state index contributed by atoms with van der Waals surface area (Å²) in [6, 6.07) is 8.74. The fraction of sp³-hybridized carbons (Fsp3) is 0.400. The Balaban J connectivity index is 1.79. The molecule has 150 valence electrons. The lowest BCUT2D eigenvalue weighted by Gasteiger charge is -2.15. The maximum Gasteiger partial charge on any atom is 0.277 e. The van der Waals surface area contributed by atoms with Crippen molar-refractivity contribution in [2.24, 2.45) is 0 Å². The molecule has 28 heavy (non-hydrogen) atoms. The van der Waals surface area contributed by atoms with Gasteiger partial charge in [0.2, 0.25) is 0 Å². The average molecular weight is 464 g/mol. The van der Waals surface area contributed by atoms with Crippen molar-refractivity contribution in [2.75, 3.05) is 13.7 Å². The molecule has 0 radical (unpaired) electrons. The monoisotopic (exact) mass is 463 g/mol. The van der Waals surface area contributed by atoms with Gasteiger partial charge in [0.05, 0.1) is 30.8 Å². The highest BCUT2D eigenvalue weighted by Gasteiger charge is 2.15. The zero-order chi connectivity index (χ0) is 20.3. The highest BCUT2D eigenvalue weighted by atomic mass is 79.9. The molecule has 3 rings (SSSR count). The van der Waals surface area contributed by atoms with Crippen LogP contribution in [-0.2, 0) is 18.0 Å². The van der Waals surface area contributed by atoms with E-state index in [0.717, 1.165) is 34.0 Å². The summed E-state index contributed by atoms with van der Waals surface area (Å²) in [5.41, 5.74) is 1.64. The number of fused-ring (bicyclic) bond motifs is 1. The number of hydrogen-bond acceptors (Lipinski definition) is 4. The standard InChI is InChI=1S/C20H26BrN3O3Si/c1-26-16-7-5-15(6-8-16)12-24-20(25)19-17(21)13-23(18(19)11-22-24)14-27-9-10-28(2,3)4/h5-8,11,13H,9-10,12,14H2,1-4H3. The SMILES string of the molecule is COc1ccc(Cn2ncc3c(c(Br)cn3COCC[Si](C)(C)C)c2=O)cc1. The molecule has 0 amide bonds. The Kier molecular flexibility index (Phi) is 6.42. The molecule has 0 atom stereocenters. The predicted molar refractivity (Wildman–Crippen MR) is 118 cm³/mol. The molecule has 3 aromatic rings. The van der Waals surface area contributed by atoms with E-state index in [1.165, 1.54) is 4.68 Å². The third-order valence-electron chi connectivity index (χ3n) is 4.56. The fourth-order valence-corrected chi connectivity index (χ4v) is 4.23. The van der Waals surface area contributed by atoms with Crippen LogP contribution in [0.5, 0.6) is 5.75 Å². The Morgan fingerprint density at radius 3 is 2.54 bits per heavy atom. The number of benzene rings is 1. The van der Waals surface area contributed by atoms with Crippen molar-refractivity contribution in [3.8, 4) is 5.75 Å². The summed E-state index contributed by atoms with van der Waals surface area (Å²) in [6.45, 7) is 8.53. The van der Waals surface area contributed by atoms with Gasteiger partial charge in [0.25, 0.3) is 5.56 Å². The van der Waals surface area contributed by atoms with Crippen LogP contribution in [0.25, 0.3) is 10.9 Å². The van der Waals surface area contributed by atoms with Gasteiger partial charge in [-0.1, -0.05) is 31.8 Å². The third-order valence-corrected chi connectivity index (χ3v) is 6.86. The highest BCUT2D eigenvalue weighted by Crippen LogP contribution is 2.23. The summed E-state index contributed by atoms with van der Waals surface area (Å²) in [5.74, 6) is 0.786. The molecule has 2 heterocycles. The summed E-state index contributed by atoms with van der Waals surface area (Å²) in [5, 5.41) is 4.99. The molecule has 2 aromatic heterocycles. The van der Waals surface area contributed by atoms with E-state index in [1.807, 2.05) is 35.0 Å². The first kappa shape index (κ1) is 20.8. The Hall–Kier alpha value is -1.90. The third kappa shape index (κ3) is 4.92. The molecule has 0 unspecified atom stereocenters. The molecule has 0 aliphatic rings. The minimum absolute atomic E-state index is 0.124. The Bertz CT molecular complexity index is 1010. The van der Waals surface area contributed by atoms with Crippen molar-refractivity contribution in [3.05, 3.63) is 57.0 Å². The summed E-state index contributed by atoms with van der Waals surface area (Å²) < 4.78 is 15.2. The van der Waals surface area contributed by atoms with Crippen molar-refractivity contribution in [1.82, 2.24) is 14.3 Å². The smallest absolute Gasteiger partial charge is 0.277 e. The summed E-state index contributed by atoms with van der Waals surface area (Å²) in [6.07, 6.45) is 3.62. The molecule has 0 spiro atoms. The van der Waals surface area contributed by atoms with Crippen LogP contribution in [0, 0.1) is 0 Å². The number of methoxy groups -OCH3 is 1. The van der Waals surface area contributed by atoms with Crippen molar-refractivity contribution < 1.29 is 9.47 Å². The zero-order valence-corrected chi connectivity index (χ0v) is 19.3. The molecule has 0 saturated carbocycles. The van der Waals surface area contributed by atoms with Crippen LogP contribution in [-0.4, -0.2) is 36.1 Å². The highest BCUT2D eigenvalue weighted by molar-refractivity contribution is 9.10. The Labute approximate surface area is 174 Å². The van der Waals surface area contributed by atoms with Gasteiger partial charge in [-0.3, -0.25) is 4.79 Å². The van der Waals surface area contributed by atoms with E-state index in [4.69, 9.17) is 9.47 Å². The molecular weight excluding hydrogens is 438 g/mol. The van der Waals surface area contributed by atoms with Crippen LogP contribution in [0.15, 0.2) is 45.9 Å². The quantitative estimate of drug-likeness (QED) is 0.368. The first-order chi connectivity index (χ1) is 13.3. The van der Waals surface area contributed by atoms with Crippen LogP contribution < -0.4 is 10.3 Å². The van der Waals surface area contributed by atoms with Crippen LogP contribution in [0.2, 0.25) is 25.7 Å². The number of aromatic nitrogens is 3. The number of hydrogen-bond donors (Lipinski definition) is 0. The second kappa shape index (κ2) is 8.63. The molecule has 0 fully saturated rings. The minimum atomic E-state index is -1.12. The van der Waals surface area contributed by atoms with Gasteiger partial charge in [0.1, 0.15) is 12.5 Å². The van der Waals surface area contributed by atoms with Gasteiger partial charge in [-0.25, -0.2) is 4.68 Å². The fourth-order valence-electron chi connectivity index (χ4n) is 2.86. The molecule has 0 aliphatic carbocycles. The van der Waals surface area contributed by atoms with Crippen molar-refractivity contribution in [2.45, 2.75) is 39.0 Å². The van der Waals surface area contributed by atoms with Gasteiger partial charge < -0.3 is 14.0 Å². The van der Waals surface area contributed by atoms with E-state index < -0.39 is 8.07 Å². The topological polar surface area (TPSA) is 58.3 Å². The van der Waals surface area contributed by atoms with Crippen molar-refractivity contribution in [3.63, 3.8) is 0 Å². The van der Waals surface area contributed by atoms with Gasteiger partial charge in [-0.15, -0.1) is 0 Å². The second-order valence-electron chi connectivity index (χ2n) is 8.01. The normalized spacial score (nSPS) is 11.9. The molecule has 0 aliphatic heterocycles. The lowest BCUT2D eigenvalue weighted by atomic mass is 10.2. The number of rotatable bonds is 8. The van der Waals surface area contributed by atoms with Gasteiger partial charge in [0.15, 0.2) is 0 Å². The van der Waals surface area contributed by atoms with Gasteiger partial charge in [0, 0.05) is 25.4 Å². The minimum Gasteiger partial charge on any atom is -0.497 e. The lowest BCUT2D eigenvalue weighted by Crippen LogP contribution is -2.23.